The number of carbonyl (C=O) groups is 1. The van der Waals surface area contributed by atoms with E-state index in [0.29, 0.717) is 19.5 Å². The number of likely N-dealkylation sites (N-methyl/N-ethyl adjacent to an activating group) is 2. The molecule has 128 valence electrons. The summed E-state index contributed by atoms with van der Waals surface area (Å²) >= 11 is 0. The molecule has 1 aromatic carbocycles. The highest BCUT2D eigenvalue weighted by atomic mass is 32.2. The van der Waals surface area contributed by atoms with Gasteiger partial charge in [0, 0.05) is 19.6 Å². The lowest BCUT2D eigenvalue weighted by Crippen LogP contribution is -2.42. The molecule has 1 aliphatic rings. The fourth-order valence-electron chi connectivity index (χ4n) is 3.00. The highest BCUT2D eigenvalue weighted by molar-refractivity contribution is 7.91. The summed E-state index contributed by atoms with van der Waals surface area (Å²) in [5, 5.41) is 0. The first kappa shape index (κ1) is 17.9. The second-order valence-electron chi connectivity index (χ2n) is 6.66. The van der Waals surface area contributed by atoms with Crippen molar-refractivity contribution in [1.82, 2.24) is 9.80 Å². The number of benzene rings is 1. The maximum Gasteiger partial charge on any atom is 0.236 e. The van der Waals surface area contributed by atoms with E-state index < -0.39 is 9.84 Å². The van der Waals surface area contributed by atoms with Crippen LogP contribution in [0.2, 0.25) is 0 Å². The Morgan fingerprint density at radius 1 is 1.26 bits per heavy atom. The molecular weight excluding hydrogens is 312 g/mol. The Bertz CT molecular complexity index is 685. The van der Waals surface area contributed by atoms with Crippen LogP contribution >= 0.6 is 0 Å². The van der Waals surface area contributed by atoms with Gasteiger partial charge in [0.05, 0.1) is 18.1 Å². The quantitative estimate of drug-likeness (QED) is 0.814. The summed E-state index contributed by atoms with van der Waals surface area (Å²) in [6, 6.07) is 6.13. The maximum atomic E-state index is 12.4. The van der Waals surface area contributed by atoms with Gasteiger partial charge in [0.1, 0.15) is 0 Å². The Morgan fingerprint density at radius 3 is 2.52 bits per heavy atom. The van der Waals surface area contributed by atoms with Crippen LogP contribution in [-0.2, 0) is 21.2 Å². The van der Waals surface area contributed by atoms with Crippen LogP contribution in [-0.4, -0.2) is 62.3 Å². The van der Waals surface area contributed by atoms with Crippen molar-refractivity contribution < 1.29 is 13.2 Å². The van der Waals surface area contributed by atoms with Gasteiger partial charge in [-0.2, -0.15) is 0 Å². The van der Waals surface area contributed by atoms with Crippen LogP contribution < -0.4 is 0 Å². The van der Waals surface area contributed by atoms with Gasteiger partial charge >= 0.3 is 0 Å². The zero-order valence-corrected chi connectivity index (χ0v) is 15.2. The van der Waals surface area contributed by atoms with Gasteiger partial charge in [-0.1, -0.05) is 23.8 Å². The molecule has 0 radical (unpaired) electrons. The summed E-state index contributed by atoms with van der Waals surface area (Å²) in [5.74, 6) is 0.253. The molecule has 1 saturated heterocycles. The van der Waals surface area contributed by atoms with E-state index in [-0.39, 0.29) is 23.5 Å². The molecule has 1 aromatic rings. The van der Waals surface area contributed by atoms with Crippen LogP contribution in [0.4, 0.5) is 0 Å². The second-order valence-corrected chi connectivity index (χ2v) is 8.89. The van der Waals surface area contributed by atoms with Gasteiger partial charge in [0.15, 0.2) is 9.84 Å². The number of aryl methyl sites for hydroxylation is 2. The molecule has 1 amide bonds. The van der Waals surface area contributed by atoms with Crippen LogP contribution in [0.15, 0.2) is 18.2 Å². The number of hydrogen-bond donors (Lipinski definition) is 0. The van der Waals surface area contributed by atoms with Gasteiger partial charge in [-0.3, -0.25) is 9.69 Å². The predicted molar refractivity (Wildman–Crippen MR) is 92.1 cm³/mol. The largest absolute Gasteiger partial charge is 0.341 e. The third-order valence-corrected chi connectivity index (χ3v) is 6.24. The number of sulfone groups is 1. The summed E-state index contributed by atoms with van der Waals surface area (Å²) in [7, 11) is 0.652. The summed E-state index contributed by atoms with van der Waals surface area (Å²) in [6.07, 6.45) is 0.547. The molecule has 0 saturated carbocycles. The molecule has 1 heterocycles. The van der Waals surface area contributed by atoms with Crippen molar-refractivity contribution in [1.29, 1.82) is 0 Å². The van der Waals surface area contributed by atoms with Crippen molar-refractivity contribution >= 4 is 15.7 Å². The Balaban J connectivity index is 1.91. The zero-order valence-electron chi connectivity index (χ0n) is 14.4. The standard InChI is InChI=1S/C17H26N2O3S/c1-13-5-6-15(14(2)9-13)10-18(3)11-17(20)19(4)16-7-8-23(21,22)12-16/h5-6,9,16H,7-8,10-12H2,1-4H3. The molecule has 5 nitrogen and oxygen atoms in total. The van der Waals surface area contributed by atoms with Crippen LogP contribution in [0.1, 0.15) is 23.1 Å². The minimum Gasteiger partial charge on any atom is -0.341 e. The van der Waals surface area contributed by atoms with Crippen molar-refractivity contribution in [3.63, 3.8) is 0 Å². The fraction of sp³-hybridized carbons (Fsp3) is 0.588. The number of carbonyl (C=O) groups excluding carboxylic acids is 1. The normalized spacial score (nSPS) is 20.0. The number of hydrogen-bond acceptors (Lipinski definition) is 4. The van der Waals surface area contributed by atoms with Crippen molar-refractivity contribution in [2.24, 2.45) is 0 Å². The van der Waals surface area contributed by atoms with Crippen molar-refractivity contribution in [3.8, 4) is 0 Å². The molecule has 0 spiro atoms. The topological polar surface area (TPSA) is 57.7 Å². The molecule has 0 aromatic heterocycles. The van der Waals surface area contributed by atoms with Gasteiger partial charge in [-0.05, 0) is 38.4 Å². The fourth-order valence-corrected chi connectivity index (χ4v) is 4.77. The number of rotatable bonds is 5. The highest BCUT2D eigenvalue weighted by Crippen LogP contribution is 2.17. The first-order chi connectivity index (χ1) is 10.7. The average Bonchev–Trinajstić information content (AvgIpc) is 2.81. The van der Waals surface area contributed by atoms with Crippen molar-refractivity contribution in [2.75, 3.05) is 32.1 Å². The monoisotopic (exact) mass is 338 g/mol. The molecule has 1 atom stereocenters. The lowest BCUT2D eigenvalue weighted by atomic mass is 10.1. The molecule has 2 rings (SSSR count). The first-order valence-corrected chi connectivity index (χ1v) is 9.71. The van der Waals surface area contributed by atoms with E-state index in [4.69, 9.17) is 0 Å². The van der Waals surface area contributed by atoms with Crippen LogP contribution in [0.3, 0.4) is 0 Å². The van der Waals surface area contributed by atoms with E-state index in [9.17, 15) is 13.2 Å². The molecular formula is C17H26N2O3S. The lowest BCUT2D eigenvalue weighted by molar-refractivity contribution is -0.132. The third-order valence-electron chi connectivity index (χ3n) is 4.49. The molecule has 6 heteroatoms. The minimum absolute atomic E-state index is 0.0284. The Morgan fingerprint density at radius 2 is 1.96 bits per heavy atom. The lowest BCUT2D eigenvalue weighted by Gasteiger charge is -2.26. The molecule has 0 N–H and O–H groups in total. The van der Waals surface area contributed by atoms with Gasteiger partial charge in [0.25, 0.3) is 0 Å². The van der Waals surface area contributed by atoms with E-state index in [1.165, 1.54) is 16.7 Å². The Hall–Kier alpha value is -1.40. The molecule has 1 fully saturated rings. The summed E-state index contributed by atoms with van der Waals surface area (Å²) in [4.78, 5) is 15.9. The molecule has 0 aliphatic carbocycles. The Kier molecular flexibility index (Phi) is 5.47. The van der Waals surface area contributed by atoms with Gasteiger partial charge in [-0.25, -0.2) is 8.42 Å². The summed E-state index contributed by atoms with van der Waals surface area (Å²) in [6.45, 7) is 5.14. The van der Waals surface area contributed by atoms with E-state index in [1.807, 2.05) is 11.9 Å². The van der Waals surface area contributed by atoms with Crippen LogP contribution in [0, 0.1) is 13.8 Å². The average molecular weight is 338 g/mol. The zero-order chi connectivity index (χ0) is 17.2. The third kappa shape index (κ3) is 4.78. The van der Waals surface area contributed by atoms with E-state index in [1.54, 1.807) is 11.9 Å². The summed E-state index contributed by atoms with van der Waals surface area (Å²) in [5.41, 5.74) is 3.66. The van der Waals surface area contributed by atoms with Gasteiger partial charge in [0.2, 0.25) is 5.91 Å². The van der Waals surface area contributed by atoms with Crippen LogP contribution in [0.5, 0.6) is 0 Å². The van der Waals surface area contributed by atoms with Crippen molar-refractivity contribution in [3.05, 3.63) is 34.9 Å². The van der Waals surface area contributed by atoms with Gasteiger partial charge < -0.3 is 4.90 Å². The van der Waals surface area contributed by atoms with E-state index in [2.05, 4.69) is 32.0 Å². The number of amides is 1. The second kappa shape index (κ2) is 7.01. The maximum absolute atomic E-state index is 12.4. The number of nitrogens with zero attached hydrogens (tertiary/aromatic N) is 2. The first-order valence-electron chi connectivity index (χ1n) is 7.89. The SMILES string of the molecule is Cc1ccc(CN(C)CC(=O)N(C)C2CCS(=O)(=O)C2)c(C)c1. The van der Waals surface area contributed by atoms with E-state index in [0.717, 1.165) is 0 Å². The van der Waals surface area contributed by atoms with Crippen molar-refractivity contribution in [2.45, 2.75) is 32.9 Å². The van der Waals surface area contributed by atoms with E-state index >= 15 is 0 Å². The predicted octanol–water partition coefficient (Wildman–Crippen LogP) is 1.38. The highest BCUT2D eigenvalue weighted by Gasteiger charge is 2.32. The van der Waals surface area contributed by atoms with Gasteiger partial charge in [-0.15, -0.1) is 0 Å². The molecule has 0 bridgehead atoms. The molecule has 1 aliphatic heterocycles. The molecule has 1 unspecified atom stereocenters. The molecule has 23 heavy (non-hydrogen) atoms. The Labute approximate surface area is 139 Å². The summed E-state index contributed by atoms with van der Waals surface area (Å²) < 4.78 is 23.1. The minimum atomic E-state index is -2.97. The smallest absolute Gasteiger partial charge is 0.236 e. The van der Waals surface area contributed by atoms with Crippen LogP contribution in [0.25, 0.3) is 0 Å².